The predicted molar refractivity (Wildman–Crippen MR) is 120 cm³/mol. The van der Waals surface area contributed by atoms with Crippen LogP contribution >= 0.6 is 0 Å². The lowest BCUT2D eigenvalue weighted by Crippen LogP contribution is -2.38. The van der Waals surface area contributed by atoms with Crippen LogP contribution in [0, 0.1) is 0 Å². The van der Waals surface area contributed by atoms with Crippen LogP contribution in [0.3, 0.4) is 0 Å². The minimum Gasteiger partial charge on any atom is -0.508 e. The van der Waals surface area contributed by atoms with Crippen LogP contribution < -0.4 is 9.47 Å². The van der Waals surface area contributed by atoms with E-state index in [1.54, 1.807) is 32.4 Å². The molecule has 1 aliphatic heterocycles. The molecule has 1 N–H and O–H groups in total. The topological polar surface area (TPSA) is 41.9 Å². The van der Waals surface area contributed by atoms with Crippen LogP contribution in [0.2, 0.25) is 0 Å². The number of ether oxygens (including phenoxy) is 2. The van der Waals surface area contributed by atoms with Gasteiger partial charge in [0.1, 0.15) is 17.2 Å². The molecule has 2 unspecified atom stereocenters. The molecule has 3 aromatic rings. The molecule has 33 heavy (non-hydrogen) atoms. The number of hydrogen-bond donors (Lipinski definition) is 1. The zero-order valence-electron chi connectivity index (χ0n) is 18.7. The predicted octanol–water partition coefficient (Wildman–Crippen LogP) is 6.14. The van der Waals surface area contributed by atoms with Gasteiger partial charge in [0, 0.05) is 24.2 Å². The monoisotopic (exact) mass is 457 g/mol. The van der Waals surface area contributed by atoms with Gasteiger partial charge in [-0.25, -0.2) is 0 Å². The van der Waals surface area contributed by atoms with Gasteiger partial charge < -0.3 is 14.6 Å². The molecule has 0 saturated carbocycles. The van der Waals surface area contributed by atoms with Crippen LogP contribution in [-0.2, 0) is 12.6 Å². The highest BCUT2D eigenvalue weighted by Gasteiger charge is 2.36. The number of rotatable bonds is 5. The zero-order valence-corrected chi connectivity index (χ0v) is 18.7. The van der Waals surface area contributed by atoms with Crippen molar-refractivity contribution in [3.05, 3.63) is 88.5 Å². The highest BCUT2D eigenvalue weighted by Crippen LogP contribution is 2.46. The Bertz CT molecular complexity index is 1110. The first-order valence-corrected chi connectivity index (χ1v) is 10.7. The third kappa shape index (κ3) is 4.50. The summed E-state index contributed by atoms with van der Waals surface area (Å²) in [5.41, 5.74) is 2.86. The van der Waals surface area contributed by atoms with Gasteiger partial charge in [-0.3, -0.25) is 4.90 Å². The Morgan fingerprint density at radius 2 is 1.73 bits per heavy atom. The molecule has 0 aliphatic carbocycles. The largest absolute Gasteiger partial charge is 0.508 e. The standard InChI is InChI=1S/C26H26F3NO3/c1-16(18-5-4-6-20(13-18)26(27,28)29)30-12-11-19-14-22(32-2)15-23(33-3)24(19)25(30)17-7-9-21(31)10-8-17/h4-10,13-16,25,31H,11-12H2,1-3H3. The fourth-order valence-electron chi connectivity index (χ4n) is 4.60. The van der Waals surface area contributed by atoms with Crippen molar-refractivity contribution in [3.63, 3.8) is 0 Å². The van der Waals surface area contributed by atoms with Crippen LogP contribution in [-0.4, -0.2) is 30.8 Å². The van der Waals surface area contributed by atoms with Gasteiger partial charge in [0.05, 0.1) is 25.8 Å². The molecule has 7 heteroatoms. The van der Waals surface area contributed by atoms with Gasteiger partial charge in [-0.05, 0) is 60.4 Å². The molecule has 0 spiro atoms. The summed E-state index contributed by atoms with van der Waals surface area (Å²) in [4.78, 5) is 2.18. The number of hydrogen-bond acceptors (Lipinski definition) is 4. The van der Waals surface area contributed by atoms with Crippen molar-refractivity contribution in [2.75, 3.05) is 20.8 Å². The van der Waals surface area contributed by atoms with Crippen molar-refractivity contribution in [3.8, 4) is 17.2 Å². The van der Waals surface area contributed by atoms with E-state index in [0.717, 1.165) is 22.8 Å². The Morgan fingerprint density at radius 1 is 1.00 bits per heavy atom. The lowest BCUT2D eigenvalue weighted by molar-refractivity contribution is -0.137. The molecular formula is C26H26F3NO3. The number of aromatic hydroxyl groups is 1. The molecule has 0 radical (unpaired) electrons. The number of nitrogens with zero attached hydrogens (tertiary/aromatic N) is 1. The number of phenolic OH excluding ortho intramolecular Hbond substituents is 1. The third-order valence-electron chi connectivity index (χ3n) is 6.30. The minimum absolute atomic E-state index is 0.147. The van der Waals surface area contributed by atoms with Crippen molar-refractivity contribution in [2.45, 2.75) is 31.6 Å². The first kappa shape index (κ1) is 23.0. The normalized spacial score (nSPS) is 17.3. The molecule has 3 aromatic carbocycles. The fraction of sp³-hybridized carbons (Fsp3) is 0.308. The van der Waals surface area contributed by atoms with E-state index in [-0.39, 0.29) is 17.8 Å². The molecule has 1 heterocycles. The highest BCUT2D eigenvalue weighted by molar-refractivity contribution is 5.53. The minimum atomic E-state index is -4.40. The Kier molecular flexibility index (Phi) is 6.26. The van der Waals surface area contributed by atoms with E-state index in [1.807, 2.05) is 31.2 Å². The first-order chi connectivity index (χ1) is 15.7. The zero-order chi connectivity index (χ0) is 23.8. The number of halogens is 3. The van der Waals surface area contributed by atoms with Gasteiger partial charge >= 0.3 is 6.18 Å². The third-order valence-corrected chi connectivity index (χ3v) is 6.30. The molecule has 0 aromatic heterocycles. The summed E-state index contributed by atoms with van der Waals surface area (Å²) in [6.45, 7) is 2.55. The Labute approximate surface area is 191 Å². The summed E-state index contributed by atoms with van der Waals surface area (Å²) in [5, 5.41) is 9.82. The van der Waals surface area contributed by atoms with Crippen LogP contribution in [0.25, 0.3) is 0 Å². The van der Waals surface area contributed by atoms with Crippen LogP contribution in [0.15, 0.2) is 60.7 Å². The molecular weight excluding hydrogens is 431 g/mol. The van der Waals surface area contributed by atoms with Crippen molar-refractivity contribution in [1.82, 2.24) is 4.90 Å². The van der Waals surface area contributed by atoms with E-state index in [4.69, 9.17) is 9.47 Å². The Morgan fingerprint density at radius 3 is 2.36 bits per heavy atom. The first-order valence-electron chi connectivity index (χ1n) is 10.7. The highest BCUT2D eigenvalue weighted by atomic mass is 19.4. The van der Waals surface area contributed by atoms with Crippen molar-refractivity contribution in [1.29, 1.82) is 0 Å². The van der Waals surface area contributed by atoms with E-state index in [9.17, 15) is 18.3 Å². The molecule has 174 valence electrons. The number of alkyl halides is 3. The molecule has 0 amide bonds. The Balaban J connectivity index is 1.84. The molecule has 0 fully saturated rings. The van der Waals surface area contributed by atoms with E-state index >= 15 is 0 Å². The Hall–Kier alpha value is -3.19. The average Bonchev–Trinajstić information content (AvgIpc) is 2.82. The van der Waals surface area contributed by atoms with Crippen LogP contribution in [0.4, 0.5) is 13.2 Å². The maximum atomic E-state index is 13.4. The number of benzene rings is 3. The second-order valence-corrected chi connectivity index (χ2v) is 8.18. The maximum Gasteiger partial charge on any atom is 0.416 e. The SMILES string of the molecule is COc1cc2c(c(OC)c1)C(c1ccc(O)cc1)N(C(C)c1cccc(C(F)(F)F)c1)CC2. The molecule has 4 nitrogen and oxygen atoms in total. The molecule has 0 bridgehead atoms. The quantitative estimate of drug-likeness (QED) is 0.500. The molecule has 2 atom stereocenters. The van der Waals surface area contributed by atoms with Gasteiger partial charge in [-0.15, -0.1) is 0 Å². The van der Waals surface area contributed by atoms with E-state index in [2.05, 4.69) is 4.90 Å². The van der Waals surface area contributed by atoms with Crippen molar-refractivity contribution in [2.24, 2.45) is 0 Å². The van der Waals surface area contributed by atoms with Crippen LogP contribution in [0.5, 0.6) is 17.2 Å². The lowest BCUT2D eigenvalue weighted by Gasteiger charge is -2.42. The lowest BCUT2D eigenvalue weighted by atomic mass is 9.85. The molecule has 1 aliphatic rings. The maximum absolute atomic E-state index is 13.4. The second-order valence-electron chi connectivity index (χ2n) is 8.18. The average molecular weight is 457 g/mol. The fourth-order valence-corrected chi connectivity index (χ4v) is 4.60. The van der Waals surface area contributed by atoms with Gasteiger partial charge in [0.2, 0.25) is 0 Å². The number of methoxy groups -OCH3 is 2. The van der Waals surface area contributed by atoms with Crippen LogP contribution in [0.1, 0.15) is 46.8 Å². The van der Waals surface area contributed by atoms with Gasteiger partial charge in [0.25, 0.3) is 0 Å². The van der Waals surface area contributed by atoms with Gasteiger partial charge in [0.15, 0.2) is 0 Å². The summed E-state index contributed by atoms with van der Waals surface area (Å²) in [5.74, 6) is 1.49. The second kappa shape index (κ2) is 8.98. The van der Waals surface area contributed by atoms with Crippen molar-refractivity contribution < 1.29 is 27.8 Å². The summed E-state index contributed by atoms with van der Waals surface area (Å²) < 4.78 is 51.2. The number of fused-ring (bicyclic) bond motifs is 1. The van der Waals surface area contributed by atoms with E-state index in [0.29, 0.717) is 30.0 Å². The van der Waals surface area contributed by atoms with E-state index in [1.165, 1.54) is 12.1 Å². The molecule has 0 saturated heterocycles. The summed E-state index contributed by atoms with van der Waals surface area (Å²) >= 11 is 0. The summed E-state index contributed by atoms with van der Waals surface area (Å²) in [6.07, 6.45) is -3.71. The van der Waals surface area contributed by atoms with Gasteiger partial charge in [-0.2, -0.15) is 13.2 Å². The summed E-state index contributed by atoms with van der Waals surface area (Å²) in [7, 11) is 3.20. The van der Waals surface area contributed by atoms with Crippen molar-refractivity contribution >= 4 is 0 Å². The molecule has 4 rings (SSSR count). The van der Waals surface area contributed by atoms with E-state index < -0.39 is 11.7 Å². The smallest absolute Gasteiger partial charge is 0.416 e. The van der Waals surface area contributed by atoms with Gasteiger partial charge in [-0.1, -0.05) is 24.3 Å². The summed E-state index contributed by atoms with van der Waals surface area (Å²) in [6, 6.07) is 15.6. The number of phenols is 1.